The third-order valence-electron chi connectivity index (χ3n) is 2.95. The molecule has 1 unspecified atom stereocenters. The second kappa shape index (κ2) is 6.72. The first-order valence-corrected chi connectivity index (χ1v) is 7.10. The van der Waals surface area contributed by atoms with E-state index in [1.165, 1.54) is 18.2 Å². The number of Topliss-reactive ketones (excluding diaryl/α,β-unsaturated/α-hetero) is 1. The van der Waals surface area contributed by atoms with Crippen LogP contribution in [0.1, 0.15) is 17.3 Å². The van der Waals surface area contributed by atoms with Crippen LogP contribution >= 0.6 is 15.9 Å². The van der Waals surface area contributed by atoms with Gasteiger partial charge in [0.05, 0.1) is 11.6 Å². The second-order valence-corrected chi connectivity index (χ2v) is 5.28. The number of ether oxygens (including phenoxy) is 2. The lowest BCUT2D eigenvalue weighted by atomic mass is 10.1. The van der Waals surface area contributed by atoms with Gasteiger partial charge in [0.1, 0.15) is 17.3 Å². The van der Waals surface area contributed by atoms with Crippen molar-refractivity contribution in [3.8, 4) is 11.5 Å². The maximum Gasteiger partial charge on any atom is 0.202 e. The summed E-state index contributed by atoms with van der Waals surface area (Å²) in [7, 11) is 1.56. The van der Waals surface area contributed by atoms with E-state index in [1.54, 1.807) is 38.3 Å². The molecule has 0 fully saturated rings. The fourth-order valence-corrected chi connectivity index (χ4v) is 2.16. The lowest BCUT2D eigenvalue weighted by molar-refractivity contribution is 0.0818. The average Bonchev–Trinajstić information content (AvgIpc) is 2.50. The number of carbonyl (C=O) groups excluding carboxylic acids is 1. The van der Waals surface area contributed by atoms with Crippen molar-refractivity contribution in [3.05, 3.63) is 58.3 Å². The lowest BCUT2D eigenvalue weighted by Gasteiger charge is -2.14. The van der Waals surface area contributed by atoms with Gasteiger partial charge < -0.3 is 9.47 Å². The van der Waals surface area contributed by atoms with E-state index < -0.39 is 6.10 Å². The summed E-state index contributed by atoms with van der Waals surface area (Å²) in [6, 6.07) is 11.1. The first-order valence-electron chi connectivity index (χ1n) is 6.31. The Morgan fingerprint density at radius 1 is 1.14 bits per heavy atom. The molecule has 0 radical (unpaired) electrons. The molecule has 0 aliphatic rings. The second-order valence-electron chi connectivity index (χ2n) is 4.43. The van der Waals surface area contributed by atoms with Crippen molar-refractivity contribution in [2.24, 2.45) is 0 Å². The fourth-order valence-electron chi connectivity index (χ4n) is 1.80. The summed E-state index contributed by atoms with van der Waals surface area (Å²) in [5, 5.41) is 0. The van der Waals surface area contributed by atoms with Crippen LogP contribution in [0.2, 0.25) is 0 Å². The van der Waals surface area contributed by atoms with E-state index in [0.29, 0.717) is 21.5 Å². The van der Waals surface area contributed by atoms with E-state index in [9.17, 15) is 9.18 Å². The third-order valence-corrected chi connectivity index (χ3v) is 3.56. The van der Waals surface area contributed by atoms with Crippen molar-refractivity contribution in [1.29, 1.82) is 0 Å². The van der Waals surface area contributed by atoms with E-state index in [1.807, 2.05) is 0 Å². The molecule has 0 heterocycles. The van der Waals surface area contributed by atoms with Gasteiger partial charge in [-0.3, -0.25) is 4.79 Å². The highest BCUT2D eigenvalue weighted by Gasteiger charge is 2.17. The van der Waals surface area contributed by atoms with Crippen LogP contribution in [0.4, 0.5) is 4.39 Å². The topological polar surface area (TPSA) is 35.5 Å². The molecular weight excluding hydrogens is 339 g/mol. The summed E-state index contributed by atoms with van der Waals surface area (Å²) >= 11 is 3.08. The van der Waals surface area contributed by atoms with Crippen LogP contribution in [0.3, 0.4) is 0 Å². The number of ketones is 1. The van der Waals surface area contributed by atoms with E-state index >= 15 is 0 Å². The van der Waals surface area contributed by atoms with E-state index in [0.717, 1.165) is 0 Å². The van der Waals surface area contributed by atoms with Crippen molar-refractivity contribution in [3.63, 3.8) is 0 Å². The van der Waals surface area contributed by atoms with Gasteiger partial charge in [0.25, 0.3) is 0 Å². The minimum Gasteiger partial charge on any atom is -0.497 e. The first kappa shape index (κ1) is 15.5. The van der Waals surface area contributed by atoms with Crippen molar-refractivity contribution >= 4 is 21.7 Å². The zero-order valence-electron chi connectivity index (χ0n) is 11.6. The van der Waals surface area contributed by atoms with Crippen LogP contribution in [0.5, 0.6) is 11.5 Å². The summed E-state index contributed by atoms with van der Waals surface area (Å²) < 4.78 is 24.0. The van der Waals surface area contributed by atoms with Gasteiger partial charge >= 0.3 is 0 Å². The van der Waals surface area contributed by atoms with Gasteiger partial charge in [-0.1, -0.05) is 0 Å². The molecule has 3 nitrogen and oxygen atoms in total. The molecule has 0 saturated heterocycles. The van der Waals surface area contributed by atoms with Crippen molar-refractivity contribution in [2.75, 3.05) is 7.11 Å². The Bertz CT molecular complexity index is 640. The molecule has 2 aromatic rings. The van der Waals surface area contributed by atoms with Crippen LogP contribution in [0.25, 0.3) is 0 Å². The van der Waals surface area contributed by atoms with Crippen LogP contribution in [-0.4, -0.2) is 19.0 Å². The number of rotatable bonds is 5. The molecule has 1 atom stereocenters. The van der Waals surface area contributed by atoms with Gasteiger partial charge in [-0.15, -0.1) is 0 Å². The number of halogens is 2. The number of methoxy groups -OCH3 is 1. The minimum absolute atomic E-state index is 0.155. The summed E-state index contributed by atoms with van der Waals surface area (Å²) in [5.41, 5.74) is 0.532. The van der Waals surface area contributed by atoms with Gasteiger partial charge in [-0.2, -0.15) is 0 Å². The summed E-state index contributed by atoms with van der Waals surface area (Å²) in [5.74, 6) is 0.579. The summed E-state index contributed by atoms with van der Waals surface area (Å²) in [6.45, 7) is 1.66. The Kier molecular flexibility index (Phi) is 4.96. The SMILES string of the molecule is COc1ccc(C(=O)C(C)Oc2ccc(F)c(Br)c2)cc1. The predicted molar refractivity (Wildman–Crippen MR) is 81.5 cm³/mol. The first-order chi connectivity index (χ1) is 10.0. The molecule has 0 N–H and O–H groups in total. The molecule has 0 spiro atoms. The maximum atomic E-state index is 13.1. The Morgan fingerprint density at radius 2 is 1.76 bits per heavy atom. The van der Waals surface area contributed by atoms with E-state index in [-0.39, 0.29) is 11.6 Å². The average molecular weight is 353 g/mol. The van der Waals surface area contributed by atoms with Gasteiger partial charge in [-0.25, -0.2) is 4.39 Å². The highest BCUT2D eigenvalue weighted by molar-refractivity contribution is 9.10. The summed E-state index contributed by atoms with van der Waals surface area (Å²) in [4.78, 5) is 12.2. The number of benzene rings is 2. The molecule has 0 bridgehead atoms. The molecule has 2 rings (SSSR count). The summed E-state index contributed by atoms with van der Waals surface area (Å²) in [6.07, 6.45) is -0.671. The number of hydrogen-bond acceptors (Lipinski definition) is 3. The molecule has 21 heavy (non-hydrogen) atoms. The monoisotopic (exact) mass is 352 g/mol. The molecule has 5 heteroatoms. The molecule has 0 amide bonds. The quantitative estimate of drug-likeness (QED) is 0.754. The van der Waals surface area contributed by atoms with E-state index in [4.69, 9.17) is 9.47 Å². The standard InChI is InChI=1S/C16H14BrFO3/c1-10(21-13-7-8-15(18)14(17)9-13)16(19)11-3-5-12(20-2)6-4-11/h3-10H,1-2H3. The normalized spacial score (nSPS) is 11.8. The fraction of sp³-hybridized carbons (Fsp3) is 0.188. The van der Waals surface area contributed by atoms with Crippen LogP contribution in [-0.2, 0) is 0 Å². The number of hydrogen-bond donors (Lipinski definition) is 0. The van der Waals surface area contributed by atoms with Crippen LogP contribution in [0, 0.1) is 5.82 Å². The Labute approximate surface area is 130 Å². The van der Waals surface area contributed by atoms with Gasteiger partial charge in [0, 0.05) is 5.56 Å². The van der Waals surface area contributed by atoms with Crippen LogP contribution in [0.15, 0.2) is 46.9 Å². The molecule has 0 saturated carbocycles. The van der Waals surface area contributed by atoms with Crippen LogP contribution < -0.4 is 9.47 Å². The Hall–Kier alpha value is -1.88. The highest BCUT2D eigenvalue weighted by atomic mass is 79.9. The predicted octanol–water partition coefficient (Wildman–Crippen LogP) is 4.25. The maximum absolute atomic E-state index is 13.1. The van der Waals surface area contributed by atoms with Crippen molar-refractivity contribution in [1.82, 2.24) is 0 Å². The zero-order chi connectivity index (χ0) is 15.4. The van der Waals surface area contributed by atoms with Gasteiger partial charge in [0.2, 0.25) is 5.78 Å². The third kappa shape index (κ3) is 3.82. The highest BCUT2D eigenvalue weighted by Crippen LogP contribution is 2.23. The van der Waals surface area contributed by atoms with Gasteiger partial charge in [0.15, 0.2) is 6.10 Å². The number of carbonyl (C=O) groups is 1. The lowest BCUT2D eigenvalue weighted by Crippen LogP contribution is -2.23. The minimum atomic E-state index is -0.671. The molecule has 2 aromatic carbocycles. The Morgan fingerprint density at radius 3 is 2.33 bits per heavy atom. The molecular formula is C16H14BrFO3. The van der Waals surface area contributed by atoms with Gasteiger partial charge in [-0.05, 0) is 65.3 Å². The smallest absolute Gasteiger partial charge is 0.202 e. The van der Waals surface area contributed by atoms with Crippen molar-refractivity contribution < 1.29 is 18.7 Å². The molecule has 110 valence electrons. The van der Waals surface area contributed by atoms with E-state index in [2.05, 4.69) is 15.9 Å². The molecule has 0 aromatic heterocycles. The largest absolute Gasteiger partial charge is 0.497 e. The van der Waals surface area contributed by atoms with Crippen molar-refractivity contribution in [2.45, 2.75) is 13.0 Å². The molecule has 0 aliphatic heterocycles. The zero-order valence-corrected chi connectivity index (χ0v) is 13.2. The molecule has 0 aliphatic carbocycles. The Balaban J connectivity index is 2.09.